The Balaban J connectivity index is 2.25. The predicted octanol–water partition coefficient (Wildman–Crippen LogP) is 2.18. The van der Waals surface area contributed by atoms with Crippen LogP contribution in [0.25, 0.3) is 0 Å². The monoisotopic (exact) mass is 266 g/mol. The molecule has 2 amide bonds. The molecule has 2 rings (SSSR count). The number of imide groups is 1. The first-order chi connectivity index (χ1) is 8.65. The second-order valence-electron chi connectivity index (χ2n) is 7.26. The van der Waals surface area contributed by atoms with Gasteiger partial charge in [0, 0.05) is 30.0 Å². The molecule has 0 radical (unpaired) electrons. The number of carbonyl (C=O) groups excluding carboxylic acids is 2. The van der Waals surface area contributed by atoms with Crippen molar-refractivity contribution in [2.75, 3.05) is 7.05 Å². The topological polar surface area (TPSA) is 40.6 Å². The van der Waals surface area contributed by atoms with Gasteiger partial charge in [0.2, 0.25) is 11.8 Å². The summed E-state index contributed by atoms with van der Waals surface area (Å²) in [5, 5.41) is 0. The second kappa shape index (κ2) is 4.58. The number of likely N-dealkylation sites (tertiary alicyclic amines) is 2. The highest BCUT2D eigenvalue weighted by atomic mass is 16.2. The zero-order chi connectivity index (χ0) is 14.4. The standard InChI is InChI=1S/C15H26N2O2/c1-14(2)9-11(10-15(3,4)16(14)5)17-12(18)7-6-8-13(17)19/h11H,6-10H2,1-5H3. The number of amides is 2. The highest BCUT2D eigenvalue weighted by molar-refractivity contribution is 5.97. The van der Waals surface area contributed by atoms with Crippen molar-refractivity contribution in [3.05, 3.63) is 0 Å². The lowest BCUT2D eigenvalue weighted by Crippen LogP contribution is -2.64. The van der Waals surface area contributed by atoms with Gasteiger partial charge < -0.3 is 0 Å². The summed E-state index contributed by atoms with van der Waals surface area (Å²) in [5.74, 6) is 0.0507. The van der Waals surface area contributed by atoms with E-state index in [1.54, 1.807) is 4.90 Å². The van der Waals surface area contributed by atoms with E-state index in [1.165, 1.54) is 0 Å². The van der Waals surface area contributed by atoms with Gasteiger partial charge in [-0.3, -0.25) is 19.4 Å². The Morgan fingerprint density at radius 2 is 1.37 bits per heavy atom. The fraction of sp³-hybridized carbons (Fsp3) is 0.867. The molecule has 4 nitrogen and oxygen atoms in total. The van der Waals surface area contributed by atoms with Crippen molar-refractivity contribution >= 4 is 11.8 Å². The van der Waals surface area contributed by atoms with Crippen LogP contribution in [0.15, 0.2) is 0 Å². The summed E-state index contributed by atoms with van der Waals surface area (Å²) in [6, 6.07) is 0.0569. The molecule has 0 aromatic rings. The molecule has 0 saturated carbocycles. The molecule has 0 spiro atoms. The maximum absolute atomic E-state index is 12.1. The third-order valence-corrected chi connectivity index (χ3v) is 4.97. The Hall–Kier alpha value is -0.900. The number of piperidine rings is 2. The van der Waals surface area contributed by atoms with Gasteiger partial charge >= 0.3 is 0 Å². The number of rotatable bonds is 1. The second-order valence-corrected chi connectivity index (χ2v) is 7.26. The van der Waals surface area contributed by atoms with Crippen molar-refractivity contribution in [1.82, 2.24) is 9.80 Å². The molecule has 2 aliphatic heterocycles. The van der Waals surface area contributed by atoms with Crippen LogP contribution >= 0.6 is 0 Å². The summed E-state index contributed by atoms with van der Waals surface area (Å²) in [6.07, 6.45) is 3.50. The number of nitrogens with zero attached hydrogens (tertiary/aromatic N) is 2. The minimum Gasteiger partial charge on any atom is -0.296 e. The zero-order valence-electron chi connectivity index (χ0n) is 12.8. The maximum atomic E-state index is 12.1. The molecule has 0 aromatic carbocycles. The van der Waals surface area contributed by atoms with Crippen LogP contribution in [0.4, 0.5) is 0 Å². The smallest absolute Gasteiger partial charge is 0.229 e. The minimum absolute atomic E-state index is 0.00439. The summed E-state index contributed by atoms with van der Waals surface area (Å²) in [5.41, 5.74) is 0.00878. The molecular formula is C15H26N2O2. The van der Waals surface area contributed by atoms with E-state index >= 15 is 0 Å². The van der Waals surface area contributed by atoms with Gasteiger partial charge in [0.05, 0.1) is 0 Å². The predicted molar refractivity (Wildman–Crippen MR) is 74.6 cm³/mol. The Bertz CT molecular complexity index is 367. The molecule has 2 saturated heterocycles. The van der Waals surface area contributed by atoms with Gasteiger partial charge in [0.1, 0.15) is 0 Å². The minimum atomic E-state index is 0.00439. The van der Waals surface area contributed by atoms with Gasteiger partial charge in [-0.25, -0.2) is 0 Å². The fourth-order valence-corrected chi connectivity index (χ4v) is 3.68. The third-order valence-electron chi connectivity index (χ3n) is 4.97. The maximum Gasteiger partial charge on any atom is 0.229 e. The van der Waals surface area contributed by atoms with Crippen LogP contribution in [-0.4, -0.2) is 45.8 Å². The molecular weight excluding hydrogens is 240 g/mol. The molecule has 0 aromatic heterocycles. The van der Waals surface area contributed by atoms with Crippen LogP contribution in [0.2, 0.25) is 0 Å². The highest BCUT2D eigenvalue weighted by Crippen LogP contribution is 2.39. The molecule has 0 unspecified atom stereocenters. The lowest BCUT2D eigenvalue weighted by atomic mass is 9.76. The average molecular weight is 266 g/mol. The fourth-order valence-electron chi connectivity index (χ4n) is 3.68. The van der Waals surface area contributed by atoms with E-state index in [-0.39, 0.29) is 28.9 Å². The van der Waals surface area contributed by atoms with E-state index in [1.807, 2.05) is 0 Å². The van der Waals surface area contributed by atoms with Crippen LogP contribution in [-0.2, 0) is 9.59 Å². The SMILES string of the molecule is CN1C(C)(C)CC(N2C(=O)CCCC2=O)CC1(C)C. The van der Waals surface area contributed by atoms with Gasteiger partial charge in [-0.1, -0.05) is 0 Å². The third kappa shape index (κ3) is 2.55. The van der Waals surface area contributed by atoms with Crippen molar-refractivity contribution in [2.24, 2.45) is 0 Å². The van der Waals surface area contributed by atoms with Crippen molar-refractivity contribution in [2.45, 2.75) is 76.9 Å². The van der Waals surface area contributed by atoms with Gasteiger partial charge in [0.15, 0.2) is 0 Å². The quantitative estimate of drug-likeness (QED) is 0.683. The Morgan fingerprint density at radius 3 is 1.79 bits per heavy atom. The van der Waals surface area contributed by atoms with Crippen LogP contribution in [0.3, 0.4) is 0 Å². The van der Waals surface area contributed by atoms with E-state index in [4.69, 9.17) is 0 Å². The van der Waals surface area contributed by atoms with Crippen LogP contribution in [0.5, 0.6) is 0 Å². The summed E-state index contributed by atoms with van der Waals surface area (Å²) >= 11 is 0. The van der Waals surface area contributed by atoms with E-state index < -0.39 is 0 Å². The van der Waals surface area contributed by atoms with Gasteiger partial charge in [0.25, 0.3) is 0 Å². The molecule has 2 fully saturated rings. The normalized spacial score (nSPS) is 28.8. The van der Waals surface area contributed by atoms with Gasteiger partial charge in [-0.2, -0.15) is 0 Å². The Labute approximate surface area is 116 Å². The molecule has 0 aliphatic carbocycles. The average Bonchev–Trinajstić information content (AvgIpc) is 2.25. The van der Waals surface area contributed by atoms with Crippen LogP contribution < -0.4 is 0 Å². The lowest BCUT2D eigenvalue weighted by molar-refractivity contribution is -0.155. The molecule has 2 aliphatic rings. The number of hydrogen-bond acceptors (Lipinski definition) is 3. The van der Waals surface area contributed by atoms with E-state index in [9.17, 15) is 9.59 Å². The molecule has 108 valence electrons. The first-order valence-electron chi connectivity index (χ1n) is 7.24. The van der Waals surface area contributed by atoms with Crippen molar-refractivity contribution in [3.63, 3.8) is 0 Å². The highest BCUT2D eigenvalue weighted by Gasteiger charge is 2.47. The summed E-state index contributed by atoms with van der Waals surface area (Å²) in [4.78, 5) is 28.1. The number of carbonyl (C=O) groups is 2. The molecule has 0 atom stereocenters. The Kier molecular flexibility index (Phi) is 3.50. The first-order valence-corrected chi connectivity index (χ1v) is 7.24. The van der Waals surface area contributed by atoms with Crippen LogP contribution in [0.1, 0.15) is 59.8 Å². The van der Waals surface area contributed by atoms with Crippen molar-refractivity contribution < 1.29 is 9.59 Å². The molecule has 0 bridgehead atoms. The largest absolute Gasteiger partial charge is 0.296 e. The van der Waals surface area contributed by atoms with Crippen molar-refractivity contribution in [3.8, 4) is 0 Å². The van der Waals surface area contributed by atoms with Gasteiger partial charge in [-0.15, -0.1) is 0 Å². The lowest BCUT2D eigenvalue weighted by Gasteiger charge is -2.55. The Morgan fingerprint density at radius 1 is 0.947 bits per heavy atom. The van der Waals surface area contributed by atoms with E-state index in [0.29, 0.717) is 19.3 Å². The summed E-state index contributed by atoms with van der Waals surface area (Å²) < 4.78 is 0. The van der Waals surface area contributed by atoms with Crippen molar-refractivity contribution in [1.29, 1.82) is 0 Å². The molecule has 2 heterocycles. The molecule has 19 heavy (non-hydrogen) atoms. The summed E-state index contributed by atoms with van der Waals surface area (Å²) in [6.45, 7) is 8.78. The molecule has 0 N–H and O–H groups in total. The van der Waals surface area contributed by atoms with Gasteiger partial charge in [-0.05, 0) is 54.0 Å². The molecule has 4 heteroatoms. The zero-order valence-corrected chi connectivity index (χ0v) is 12.8. The van der Waals surface area contributed by atoms with Crippen LogP contribution in [0, 0.1) is 0 Å². The van der Waals surface area contributed by atoms with E-state index in [0.717, 1.165) is 12.8 Å². The first kappa shape index (κ1) is 14.5. The summed E-state index contributed by atoms with van der Waals surface area (Å²) in [7, 11) is 2.13. The number of hydrogen-bond donors (Lipinski definition) is 0. The van der Waals surface area contributed by atoms with E-state index in [2.05, 4.69) is 39.6 Å².